The van der Waals surface area contributed by atoms with Gasteiger partial charge in [-0.05, 0) is 44.3 Å². The molecule has 0 radical (unpaired) electrons. The number of halogens is 1. The first kappa shape index (κ1) is 14.9. The molecule has 0 fully saturated rings. The van der Waals surface area contributed by atoms with Crippen molar-refractivity contribution in [2.75, 3.05) is 14.2 Å². The molecule has 0 heterocycles. The summed E-state index contributed by atoms with van der Waals surface area (Å²) in [5.41, 5.74) is 0.697. The summed E-state index contributed by atoms with van der Waals surface area (Å²) in [7, 11) is 3.47. The van der Waals surface area contributed by atoms with Gasteiger partial charge in [0.15, 0.2) is 0 Å². The molecule has 4 heteroatoms. The molecule has 2 rings (SSSR count). The lowest BCUT2D eigenvalue weighted by molar-refractivity contribution is 0.413. The Bertz CT molecular complexity index is 588. The van der Waals surface area contributed by atoms with E-state index in [0.717, 1.165) is 15.5 Å². The fraction of sp³-hybridized carbons (Fsp3) is 0.250. The molecule has 0 saturated heterocycles. The lowest BCUT2D eigenvalue weighted by Gasteiger charge is -2.16. The number of hydrogen-bond acceptors (Lipinski definition) is 3. The Kier molecular flexibility index (Phi) is 5.04. The number of ether oxygens (including phenoxy) is 1. The highest BCUT2D eigenvalue weighted by molar-refractivity contribution is 7.99. The van der Waals surface area contributed by atoms with E-state index in [2.05, 4.69) is 5.32 Å². The second kappa shape index (κ2) is 6.77. The first-order valence-corrected chi connectivity index (χ1v) is 7.25. The van der Waals surface area contributed by atoms with E-state index in [4.69, 9.17) is 4.74 Å². The minimum atomic E-state index is -0.181. The number of methoxy groups -OCH3 is 1. The van der Waals surface area contributed by atoms with Gasteiger partial charge in [0, 0.05) is 21.4 Å². The highest BCUT2D eigenvalue weighted by Crippen LogP contribution is 2.35. The van der Waals surface area contributed by atoms with E-state index in [-0.39, 0.29) is 11.9 Å². The molecule has 106 valence electrons. The molecule has 1 N–H and O–H groups in total. The van der Waals surface area contributed by atoms with Crippen LogP contribution in [-0.2, 0) is 0 Å². The summed E-state index contributed by atoms with van der Waals surface area (Å²) in [6.07, 6.45) is 0. The van der Waals surface area contributed by atoms with Gasteiger partial charge in [-0.1, -0.05) is 23.9 Å². The molecule has 0 aliphatic rings. The third-order valence-corrected chi connectivity index (χ3v) is 4.21. The average molecular weight is 291 g/mol. The van der Waals surface area contributed by atoms with Crippen molar-refractivity contribution in [2.24, 2.45) is 0 Å². The molecule has 1 atom stereocenters. The number of hydrogen-bond donors (Lipinski definition) is 1. The van der Waals surface area contributed by atoms with E-state index < -0.39 is 0 Å². The Morgan fingerprint density at radius 2 is 1.95 bits per heavy atom. The fourth-order valence-corrected chi connectivity index (χ4v) is 3.07. The second-order valence-corrected chi connectivity index (χ2v) is 5.56. The molecular formula is C16H18FNOS. The van der Waals surface area contributed by atoms with Crippen LogP contribution in [0.2, 0.25) is 0 Å². The Morgan fingerprint density at radius 1 is 1.20 bits per heavy atom. The molecule has 2 aromatic rings. The van der Waals surface area contributed by atoms with Crippen LogP contribution in [0.1, 0.15) is 18.5 Å². The summed E-state index contributed by atoms with van der Waals surface area (Å²) >= 11 is 1.54. The minimum Gasteiger partial charge on any atom is -0.497 e. The van der Waals surface area contributed by atoms with Crippen molar-refractivity contribution < 1.29 is 9.13 Å². The average Bonchev–Trinajstić information content (AvgIpc) is 2.47. The van der Waals surface area contributed by atoms with Crippen molar-refractivity contribution in [3.63, 3.8) is 0 Å². The standard InChI is InChI=1S/C16H18FNOS/c1-11(18-2)16-14(17)8-5-9-15(16)20-13-7-4-6-12(10-13)19-3/h4-11,18H,1-3H3. The molecule has 0 spiro atoms. The van der Waals surface area contributed by atoms with Gasteiger partial charge in [0.1, 0.15) is 11.6 Å². The Balaban J connectivity index is 2.35. The molecule has 0 aromatic heterocycles. The highest BCUT2D eigenvalue weighted by atomic mass is 32.2. The summed E-state index contributed by atoms with van der Waals surface area (Å²) in [5.74, 6) is 0.620. The zero-order valence-electron chi connectivity index (χ0n) is 11.8. The van der Waals surface area contributed by atoms with E-state index in [1.54, 1.807) is 24.9 Å². The van der Waals surface area contributed by atoms with Gasteiger partial charge in [-0.25, -0.2) is 4.39 Å². The zero-order valence-corrected chi connectivity index (χ0v) is 12.6. The van der Waals surface area contributed by atoms with E-state index in [1.165, 1.54) is 6.07 Å². The SMILES string of the molecule is CNC(C)c1c(F)cccc1Sc1cccc(OC)c1. The van der Waals surface area contributed by atoms with Gasteiger partial charge in [0.25, 0.3) is 0 Å². The minimum absolute atomic E-state index is 0.0377. The van der Waals surface area contributed by atoms with Crippen LogP contribution in [0, 0.1) is 5.82 Å². The van der Waals surface area contributed by atoms with Crippen LogP contribution < -0.4 is 10.1 Å². The predicted octanol–water partition coefficient (Wildman–Crippen LogP) is 4.27. The van der Waals surface area contributed by atoms with Gasteiger partial charge in [0.05, 0.1) is 7.11 Å². The van der Waals surface area contributed by atoms with Crippen LogP contribution in [0.5, 0.6) is 5.75 Å². The fourth-order valence-electron chi connectivity index (χ4n) is 1.96. The summed E-state index contributed by atoms with van der Waals surface area (Å²) in [6.45, 7) is 1.95. The van der Waals surface area contributed by atoms with Crippen molar-refractivity contribution in [3.05, 3.63) is 53.8 Å². The lowest BCUT2D eigenvalue weighted by atomic mass is 10.1. The molecule has 2 nitrogen and oxygen atoms in total. The van der Waals surface area contributed by atoms with Gasteiger partial charge < -0.3 is 10.1 Å². The van der Waals surface area contributed by atoms with E-state index in [9.17, 15) is 4.39 Å². The highest BCUT2D eigenvalue weighted by Gasteiger charge is 2.15. The molecule has 20 heavy (non-hydrogen) atoms. The summed E-state index contributed by atoms with van der Waals surface area (Å²) in [6, 6.07) is 12.9. The van der Waals surface area contributed by atoms with Crippen molar-refractivity contribution in [2.45, 2.75) is 22.8 Å². The van der Waals surface area contributed by atoms with Gasteiger partial charge >= 0.3 is 0 Å². The van der Waals surface area contributed by atoms with Gasteiger partial charge in [0.2, 0.25) is 0 Å². The maximum atomic E-state index is 14.1. The topological polar surface area (TPSA) is 21.3 Å². The van der Waals surface area contributed by atoms with Crippen molar-refractivity contribution in [3.8, 4) is 5.75 Å². The first-order chi connectivity index (χ1) is 9.65. The van der Waals surface area contributed by atoms with Gasteiger partial charge in [-0.3, -0.25) is 0 Å². The Labute approximate surface area is 123 Å². The largest absolute Gasteiger partial charge is 0.497 e. The quantitative estimate of drug-likeness (QED) is 0.889. The summed E-state index contributed by atoms with van der Waals surface area (Å²) in [5, 5.41) is 3.09. The normalized spacial score (nSPS) is 12.2. The molecule has 0 saturated carbocycles. The summed E-state index contributed by atoms with van der Waals surface area (Å²) in [4.78, 5) is 1.94. The van der Waals surface area contributed by atoms with Crippen LogP contribution >= 0.6 is 11.8 Å². The molecule has 0 aliphatic carbocycles. The molecule has 0 amide bonds. The maximum Gasteiger partial charge on any atom is 0.129 e. The number of nitrogens with one attached hydrogen (secondary N) is 1. The Morgan fingerprint density at radius 3 is 2.65 bits per heavy atom. The molecule has 0 bridgehead atoms. The van der Waals surface area contributed by atoms with Crippen molar-refractivity contribution in [1.82, 2.24) is 5.32 Å². The molecule has 1 unspecified atom stereocenters. The second-order valence-electron chi connectivity index (χ2n) is 4.44. The summed E-state index contributed by atoms with van der Waals surface area (Å²) < 4.78 is 19.3. The van der Waals surface area contributed by atoms with Gasteiger partial charge in [-0.2, -0.15) is 0 Å². The number of benzene rings is 2. The van der Waals surface area contributed by atoms with Crippen molar-refractivity contribution >= 4 is 11.8 Å². The Hall–Kier alpha value is -1.52. The van der Waals surface area contributed by atoms with E-state index >= 15 is 0 Å². The van der Waals surface area contributed by atoms with Crippen LogP contribution in [0.25, 0.3) is 0 Å². The van der Waals surface area contributed by atoms with Crippen LogP contribution in [0.3, 0.4) is 0 Å². The molecule has 0 aliphatic heterocycles. The molecule has 2 aromatic carbocycles. The molecular weight excluding hydrogens is 273 g/mol. The van der Waals surface area contributed by atoms with Crippen LogP contribution in [0.4, 0.5) is 4.39 Å². The van der Waals surface area contributed by atoms with Crippen LogP contribution in [0.15, 0.2) is 52.3 Å². The third-order valence-electron chi connectivity index (χ3n) is 3.15. The van der Waals surface area contributed by atoms with Crippen molar-refractivity contribution in [1.29, 1.82) is 0 Å². The zero-order chi connectivity index (χ0) is 14.5. The predicted molar refractivity (Wildman–Crippen MR) is 81.0 cm³/mol. The monoisotopic (exact) mass is 291 g/mol. The maximum absolute atomic E-state index is 14.1. The first-order valence-electron chi connectivity index (χ1n) is 6.43. The lowest BCUT2D eigenvalue weighted by Crippen LogP contribution is -2.14. The van der Waals surface area contributed by atoms with Gasteiger partial charge in [-0.15, -0.1) is 0 Å². The number of rotatable bonds is 5. The van der Waals surface area contributed by atoms with E-state index in [1.807, 2.05) is 44.3 Å². The van der Waals surface area contributed by atoms with Crippen LogP contribution in [-0.4, -0.2) is 14.2 Å². The van der Waals surface area contributed by atoms with E-state index in [0.29, 0.717) is 5.56 Å². The smallest absolute Gasteiger partial charge is 0.129 e. The third kappa shape index (κ3) is 3.32.